The second-order valence-corrected chi connectivity index (χ2v) is 8.41. The average molecular weight is 443 g/mol. The van der Waals surface area contributed by atoms with Crippen LogP contribution in [0, 0.1) is 13.8 Å². The van der Waals surface area contributed by atoms with E-state index >= 15 is 0 Å². The molecule has 0 radical (unpaired) electrons. The highest BCUT2D eigenvalue weighted by atomic mass is 16.5. The van der Waals surface area contributed by atoms with Crippen molar-refractivity contribution in [3.63, 3.8) is 0 Å². The van der Waals surface area contributed by atoms with Crippen molar-refractivity contribution in [3.05, 3.63) is 94.8 Å². The molecule has 1 aliphatic rings. The molecule has 2 aromatic carbocycles. The predicted octanol–water partition coefficient (Wildman–Crippen LogP) is 5.11. The lowest BCUT2D eigenvalue weighted by molar-refractivity contribution is -0.132. The van der Waals surface area contributed by atoms with Crippen molar-refractivity contribution in [2.24, 2.45) is 0 Å². The first-order valence-electron chi connectivity index (χ1n) is 10.8. The lowest BCUT2D eigenvalue weighted by Gasteiger charge is -2.24. The molecule has 6 nitrogen and oxygen atoms in total. The van der Waals surface area contributed by atoms with Crippen molar-refractivity contribution in [2.75, 3.05) is 4.90 Å². The number of aromatic nitrogens is 1. The number of pyridine rings is 1. The fourth-order valence-electron chi connectivity index (χ4n) is 3.96. The zero-order chi connectivity index (χ0) is 23.7. The van der Waals surface area contributed by atoms with E-state index in [2.05, 4.69) is 4.98 Å². The van der Waals surface area contributed by atoms with Gasteiger partial charge in [-0.25, -0.2) is 0 Å². The predicted molar refractivity (Wildman–Crippen MR) is 127 cm³/mol. The van der Waals surface area contributed by atoms with Gasteiger partial charge >= 0.3 is 0 Å². The molecule has 1 saturated heterocycles. The van der Waals surface area contributed by atoms with E-state index < -0.39 is 17.7 Å². The summed E-state index contributed by atoms with van der Waals surface area (Å²) in [6, 6.07) is 17.0. The molecule has 1 unspecified atom stereocenters. The molecule has 6 heteroatoms. The third-order valence-electron chi connectivity index (χ3n) is 5.54. The third kappa shape index (κ3) is 4.24. The number of carbonyl (C=O) groups is 2. The van der Waals surface area contributed by atoms with Crippen LogP contribution in [0.25, 0.3) is 5.76 Å². The number of aliphatic hydroxyl groups is 1. The van der Waals surface area contributed by atoms with Gasteiger partial charge in [0.15, 0.2) is 0 Å². The molecule has 0 spiro atoms. The molecule has 4 rings (SSSR count). The van der Waals surface area contributed by atoms with Crippen molar-refractivity contribution in [2.45, 2.75) is 39.8 Å². The van der Waals surface area contributed by atoms with Crippen LogP contribution in [0.1, 0.15) is 42.3 Å². The Bertz CT molecular complexity index is 1230. The molecule has 0 aliphatic carbocycles. The molecule has 168 valence electrons. The van der Waals surface area contributed by atoms with Crippen LogP contribution in [0.4, 0.5) is 5.69 Å². The van der Waals surface area contributed by atoms with Crippen LogP contribution in [0.5, 0.6) is 5.75 Å². The number of Topliss-reactive ketones (excluding diaryl/α,β-unsaturated/α-hetero) is 1. The summed E-state index contributed by atoms with van der Waals surface area (Å²) in [4.78, 5) is 32.1. The van der Waals surface area contributed by atoms with E-state index in [0.717, 1.165) is 11.1 Å². The van der Waals surface area contributed by atoms with E-state index in [4.69, 9.17) is 4.74 Å². The Balaban J connectivity index is 1.87. The first-order valence-corrected chi connectivity index (χ1v) is 10.8. The van der Waals surface area contributed by atoms with Crippen molar-refractivity contribution >= 4 is 23.1 Å². The van der Waals surface area contributed by atoms with E-state index in [1.165, 1.54) is 4.90 Å². The van der Waals surface area contributed by atoms with E-state index in [-0.39, 0.29) is 17.4 Å². The maximum Gasteiger partial charge on any atom is 0.300 e. The smallest absolute Gasteiger partial charge is 0.300 e. The zero-order valence-electron chi connectivity index (χ0n) is 19.1. The monoisotopic (exact) mass is 442 g/mol. The molecule has 33 heavy (non-hydrogen) atoms. The Morgan fingerprint density at radius 3 is 2.36 bits per heavy atom. The van der Waals surface area contributed by atoms with Gasteiger partial charge in [0.2, 0.25) is 0 Å². The number of rotatable bonds is 5. The first kappa shape index (κ1) is 22.3. The van der Waals surface area contributed by atoms with E-state index in [9.17, 15) is 14.7 Å². The maximum absolute atomic E-state index is 13.2. The van der Waals surface area contributed by atoms with Crippen molar-refractivity contribution in [3.8, 4) is 5.75 Å². The highest BCUT2D eigenvalue weighted by Crippen LogP contribution is 2.41. The van der Waals surface area contributed by atoms with Crippen LogP contribution >= 0.6 is 0 Å². The van der Waals surface area contributed by atoms with Crippen molar-refractivity contribution < 1.29 is 19.4 Å². The van der Waals surface area contributed by atoms with Gasteiger partial charge in [0.1, 0.15) is 17.6 Å². The molecule has 2 heterocycles. The number of benzene rings is 2. The molecule has 1 fully saturated rings. The molecule has 3 aromatic rings. The number of carbonyl (C=O) groups excluding carboxylic acids is 2. The van der Waals surface area contributed by atoms with E-state index in [1.807, 2.05) is 39.8 Å². The van der Waals surface area contributed by atoms with Gasteiger partial charge in [0.25, 0.3) is 11.7 Å². The molecule has 0 saturated carbocycles. The molecule has 1 N–H and O–H groups in total. The minimum absolute atomic E-state index is 0.00661. The summed E-state index contributed by atoms with van der Waals surface area (Å²) in [5.74, 6) is -0.989. The Kier molecular flexibility index (Phi) is 6.01. The number of anilines is 1. The van der Waals surface area contributed by atoms with Crippen LogP contribution in [-0.2, 0) is 9.59 Å². The first-order chi connectivity index (χ1) is 15.8. The molecule has 1 aliphatic heterocycles. The second kappa shape index (κ2) is 8.90. The fourth-order valence-corrected chi connectivity index (χ4v) is 3.96. The number of hydrogen-bond acceptors (Lipinski definition) is 5. The number of hydrogen-bond donors (Lipinski definition) is 1. The van der Waals surface area contributed by atoms with Gasteiger partial charge in [-0.3, -0.25) is 19.5 Å². The lowest BCUT2D eigenvalue weighted by atomic mass is 9.97. The van der Waals surface area contributed by atoms with Crippen LogP contribution in [0.3, 0.4) is 0 Å². The fraction of sp³-hybridized carbons (Fsp3) is 0.222. The normalized spacial score (nSPS) is 17.6. The summed E-state index contributed by atoms with van der Waals surface area (Å²) in [6.07, 6.45) is 1.61. The maximum atomic E-state index is 13.2. The van der Waals surface area contributed by atoms with Gasteiger partial charge in [-0.05, 0) is 75.7 Å². The van der Waals surface area contributed by atoms with Gasteiger partial charge in [-0.15, -0.1) is 0 Å². The lowest BCUT2D eigenvalue weighted by Crippen LogP contribution is -2.29. The quantitative estimate of drug-likeness (QED) is 0.337. The van der Waals surface area contributed by atoms with Gasteiger partial charge < -0.3 is 9.84 Å². The van der Waals surface area contributed by atoms with Gasteiger partial charge in [0.05, 0.1) is 17.4 Å². The van der Waals surface area contributed by atoms with Crippen molar-refractivity contribution in [1.29, 1.82) is 0 Å². The zero-order valence-corrected chi connectivity index (χ0v) is 19.1. The Morgan fingerprint density at radius 2 is 1.76 bits per heavy atom. The molecule has 1 atom stereocenters. The van der Waals surface area contributed by atoms with Gasteiger partial charge in [-0.2, -0.15) is 0 Å². The number of aliphatic hydroxyl groups excluding tert-OH is 1. The highest BCUT2D eigenvalue weighted by Gasteiger charge is 2.47. The topological polar surface area (TPSA) is 79.7 Å². The Morgan fingerprint density at radius 1 is 1.03 bits per heavy atom. The minimum atomic E-state index is -0.846. The molecular weight excluding hydrogens is 416 g/mol. The molecular formula is C27H26N2O4. The summed E-state index contributed by atoms with van der Waals surface area (Å²) in [7, 11) is 0. The van der Waals surface area contributed by atoms with Gasteiger partial charge in [0, 0.05) is 17.4 Å². The van der Waals surface area contributed by atoms with Crippen molar-refractivity contribution in [1.82, 2.24) is 4.98 Å². The number of ketones is 1. The average Bonchev–Trinajstić information content (AvgIpc) is 3.06. The van der Waals surface area contributed by atoms with Gasteiger partial charge in [-0.1, -0.05) is 23.8 Å². The number of nitrogens with zero attached hydrogens (tertiary/aromatic N) is 2. The van der Waals surface area contributed by atoms with Crippen LogP contribution in [0.15, 0.2) is 72.4 Å². The Hall–Kier alpha value is -3.93. The summed E-state index contributed by atoms with van der Waals surface area (Å²) in [5, 5.41) is 11.3. The molecule has 0 bridgehead atoms. The van der Waals surface area contributed by atoms with E-state index in [0.29, 0.717) is 22.7 Å². The third-order valence-corrected chi connectivity index (χ3v) is 5.54. The van der Waals surface area contributed by atoms with Crippen LogP contribution in [0.2, 0.25) is 0 Å². The van der Waals surface area contributed by atoms with Crippen LogP contribution < -0.4 is 9.64 Å². The number of ether oxygens (including phenoxy) is 1. The summed E-state index contributed by atoms with van der Waals surface area (Å²) >= 11 is 0. The highest BCUT2D eigenvalue weighted by molar-refractivity contribution is 6.51. The summed E-state index contributed by atoms with van der Waals surface area (Å²) in [5.41, 5.74) is 3.35. The van der Waals surface area contributed by atoms with E-state index in [1.54, 1.807) is 54.7 Å². The Labute approximate surface area is 193 Å². The molecule has 1 aromatic heterocycles. The minimum Gasteiger partial charge on any atom is -0.507 e. The molecule has 1 amide bonds. The summed E-state index contributed by atoms with van der Waals surface area (Å²) < 4.78 is 5.78. The summed E-state index contributed by atoms with van der Waals surface area (Å²) in [6.45, 7) is 7.69. The number of amides is 1. The number of aryl methyl sites for hydroxylation is 2. The largest absolute Gasteiger partial charge is 0.507 e. The van der Waals surface area contributed by atoms with Crippen LogP contribution in [-0.4, -0.2) is 27.9 Å². The standard InChI is InChI=1S/C27H26N2O4/c1-16(2)33-22-13-10-19(15-18(22)4)25(30)23-24(21-7-5-6-14-28-21)29(27(32)26(23)31)20-11-8-17(3)9-12-20/h5-16,24,30H,1-4H3/b25-23-. The second-order valence-electron chi connectivity index (χ2n) is 8.41. The SMILES string of the molecule is Cc1ccc(N2C(=O)C(=O)/C(=C(\O)c3ccc(OC(C)C)c(C)c3)C2c2ccccn2)cc1.